The summed E-state index contributed by atoms with van der Waals surface area (Å²) in [6, 6.07) is 18.7. The van der Waals surface area contributed by atoms with Gasteiger partial charge in [0.2, 0.25) is 0 Å². The van der Waals surface area contributed by atoms with Gasteiger partial charge in [0.1, 0.15) is 5.82 Å². The number of pyridine rings is 1. The molecule has 1 aliphatic carbocycles. The quantitative estimate of drug-likeness (QED) is 0.453. The van der Waals surface area contributed by atoms with Crippen molar-refractivity contribution in [3.05, 3.63) is 78.1 Å². The van der Waals surface area contributed by atoms with Gasteiger partial charge in [-0.2, -0.15) is 0 Å². The second-order valence-electron chi connectivity index (χ2n) is 7.16. The molecule has 0 radical (unpaired) electrons. The zero-order chi connectivity index (χ0) is 18.2. The molecule has 134 valence electrons. The molecule has 0 atom stereocenters. The summed E-state index contributed by atoms with van der Waals surface area (Å²) in [5, 5.41) is 14.3. The van der Waals surface area contributed by atoms with Gasteiger partial charge in [0.15, 0.2) is 0 Å². The molecule has 0 saturated heterocycles. The van der Waals surface area contributed by atoms with Crippen molar-refractivity contribution in [3.63, 3.8) is 0 Å². The minimum Gasteiger partial charge on any atom is -0.392 e. The number of aliphatic hydroxyl groups is 1. The third kappa shape index (κ3) is 3.09. The van der Waals surface area contributed by atoms with E-state index in [1.165, 1.54) is 29.5 Å². The summed E-state index contributed by atoms with van der Waals surface area (Å²) in [5.41, 5.74) is 6.49. The van der Waals surface area contributed by atoms with Crippen LogP contribution in [0.15, 0.2) is 67.0 Å². The van der Waals surface area contributed by atoms with Crippen molar-refractivity contribution in [1.29, 1.82) is 0 Å². The molecule has 5 rings (SSSR count). The Hall–Kier alpha value is -3.11. The van der Waals surface area contributed by atoms with E-state index in [1.807, 2.05) is 24.5 Å². The number of aromatic amines is 1. The van der Waals surface area contributed by atoms with Gasteiger partial charge < -0.3 is 15.4 Å². The summed E-state index contributed by atoms with van der Waals surface area (Å²) in [6.45, 7) is -0.0163. The number of benzene rings is 2. The van der Waals surface area contributed by atoms with E-state index >= 15 is 0 Å². The molecule has 0 bridgehead atoms. The molecular weight excluding hydrogens is 334 g/mol. The zero-order valence-electron chi connectivity index (χ0n) is 14.9. The molecule has 1 aliphatic rings. The van der Waals surface area contributed by atoms with Crippen LogP contribution in [0.4, 0.5) is 11.5 Å². The number of hydrogen-bond donors (Lipinski definition) is 3. The van der Waals surface area contributed by atoms with E-state index in [0.717, 1.165) is 28.0 Å². The third-order valence-corrected chi connectivity index (χ3v) is 5.24. The van der Waals surface area contributed by atoms with Gasteiger partial charge in [0, 0.05) is 40.1 Å². The first-order valence-corrected chi connectivity index (χ1v) is 9.35. The number of aliphatic hydroxyl groups excluding tert-OH is 1. The normalized spacial score (nSPS) is 13.8. The van der Waals surface area contributed by atoms with E-state index in [-0.39, 0.29) is 6.61 Å². The average molecular weight is 355 g/mol. The van der Waals surface area contributed by atoms with Gasteiger partial charge in [-0.05, 0) is 54.2 Å². The van der Waals surface area contributed by atoms with Crippen molar-refractivity contribution >= 4 is 22.4 Å². The maximum atomic E-state index is 9.77. The third-order valence-electron chi connectivity index (χ3n) is 5.24. The second-order valence-corrected chi connectivity index (χ2v) is 7.16. The smallest absolute Gasteiger partial charge is 0.135 e. The van der Waals surface area contributed by atoms with Crippen LogP contribution in [-0.2, 0) is 6.61 Å². The Morgan fingerprint density at radius 2 is 1.93 bits per heavy atom. The van der Waals surface area contributed by atoms with Crippen LogP contribution in [-0.4, -0.2) is 15.1 Å². The lowest BCUT2D eigenvalue weighted by Crippen LogP contribution is -2.00. The summed E-state index contributed by atoms with van der Waals surface area (Å²) in [6.07, 6.45) is 6.44. The van der Waals surface area contributed by atoms with Crippen molar-refractivity contribution in [3.8, 4) is 11.1 Å². The van der Waals surface area contributed by atoms with E-state index in [2.05, 4.69) is 57.7 Å². The highest BCUT2D eigenvalue weighted by Gasteiger charge is 2.24. The molecule has 0 aliphatic heterocycles. The molecule has 0 amide bonds. The lowest BCUT2D eigenvalue weighted by atomic mass is 10.0. The van der Waals surface area contributed by atoms with E-state index in [4.69, 9.17) is 0 Å². The first-order valence-electron chi connectivity index (χ1n) is 9.35. The first kappa shape index (κ1) is 16.1. The van der Waals surface area contributed by atoms with Gasteiger partial charge >= 0.3 is 0 Å². The zero-order valence-corrected chi connectivity index (χ0v) is 14.9. The molecule has 2 aromatic heterocycles. The number of anilines is 2. The Labute approximate surface area is 157 Å². The number of nitrogens with zero attached hydrogens (tertiary/aromatic N) is 1. The standard InChI is InChI=1S/C23H21N3O/c27-14-18-10-17(15-6-7-15)12-25-23(18)26-19-8-9-22-20(11-19)21(13-24-22)16-4-2-1-3-5-16/h1-5,8-13,15,24,27H,6-7,14H2,(H,25,26). The first-order chi connectivity index (χ1) is 13.3. The molecular formula is C23H21N3O. The highest BCUT2D eigenvalue weighted by Crippen LogP contribution is 2.40. The topological polar surface area (TPSA) is 60.9 Å². The van der Waals surface area contributed by atoms with Gasteiger partial charge in [-0.15, -0.1) is 0 Å². The molecule has 27 heavy (non-hydrogen) atoms. The fourth-order valence-electron chi connectivity index (χ4n) is 3.59. The van der Waals surface area contributed by atoms with Crippen LogP contribution in [0.2, 0.25) is 0 Å². The van der Waals surface area contributed by atoms with Gasteiger partial charge in [-0.1, -0.05) is 30.3 Å². The van der Waals surface area contributed by atoms with E-state index < -0.39 is 0 Å². The molecule has 1 saturated carbocycles. The molecule has 4 aromatic rings. The fourth-order valence-corrected chi connectivity index (χ4v) is 3.59. The van der Waals surface area contributed by atoms with Gasteiger partial charge in [-0.3, -0.25) is 0 Å². The van der Waals surface area contributed by atoms with Crippen LogP contribution in [0.25, 0.3) is 22.0 Å². The highest BCUT2D eigenvalue weighted by molar-refractivity contribution is 5.97. The molecule has 0 unspecified atom stereocenters. The van der Waals surface area contributed by atoms with Crippen LogP contribution < -0.4 is 5.32 Å². The van der Waals surface area contributed by atoms with Crippen LogP contribution in [0.1, 0.15) is 29.9 Å². The average Bonchev–Trinajstić information content (AvgIpc) is 3.48. The number of H-pyrrole nitrogens is 1. The minimum atomic E-state index is -0.0163. The molecule has 4 nitrogen and oxygen atoms in total. The fraction of sp³-hybridized carbons (Fsp3) is 0.174. The Balaban J connectivity index is 1.50. The Morgan fingerprint density at radius 1 is 1.07 bits per heavy atom. The monoisotopic (exact) mass is 355 g/mol. The van der Waals surface area contributed by atoms with Crippen LogP contribution in [0.3, 0.4) is 0 Å². The Bertz CT molecular complexity index is 1100. The maximum absolute atomic E-state index is 9.77. The van der Waals surface area contributed by atoms with E-state index in [1.54, 1.807) is 0 Å². The number of fused-ring (bicyclic) bond motifs is 1. The SMILES string of the molecule is OCc1cc(C2CC2)cnc1Nc1ccc2[nH]cc(-c3ccccc3)c2c1. The highest BCUT2D eigenvalue weighted by atomic mass is 16.3. The number of nitrogens with one attached hydrogen (secondary N) is 2. The molecule has 2 heterocycles. The van der Waals surface area contributed by atoms with Crippen LogP contribution in [0.5, 0.6) is 0 Å². The van der Waals surface area contributed by atoms with Gasteiger partial charge in [0.05, 0.1) is 6.61 Å². The predicted molar refractivity (Wildman–Crippen MR) is 109 cm³/mol. The lowest BCUT2D eigenvalue weighted by molar-refractivity contribution is 0.282. The summed E-state index contributed by atoms with van der Waals surface area (Å²) in [7, 11) is 0. The van der Waals surface area contributed by atoms with Crippen molar-refractivity contribution < 1.29 is 5.11 Å². The van der Waals surface area contributed by atoms with Crippen molar-refractivity contribution in [1.82, 2.24) is 9.97 Å². The number of aromatic nitrogens is 2. The Morgan fingerprint density at radius 3 is 2.70 bits per heavy atom. The van der Waals surface area contributed by atoms with E-state index in [9.17, 15) is 5.11 Å². The largest absolute Gasteiger partial charge is 0.392 e. The molecule has 0 spiro atoms. The summed E-state index contributed by atoms with van der Waals surface area (Å²) in [4.78, 5) is 7.92. The molecule has 1 fully saturated rings. The van der Waals surface area contributed by atoms with Crippen molar-refractivity contribution in [2.75, 3.05) is 5.32 Å². The van der Waals surface area contributed by atoms with Crippen molar-refractivity contribution in [2.24, 2.45) is 0 Å². The van der Waals surface area contributed by atoms with Crippen molar-refractivity contribution in [2.45, 2.75) is 25.4 Å². The summed E-state index contributed by atoms with van der Waals surface area (Å²) in [5.74, 6) is 1.35. The lowest BCUT2D eigenvalue weighted by Gasteiger charge is -2.12. The number of rotatable bonds is 5. The summed E-state index contributed by atoms with van der Waals surface area (Å²) < 4.78 is 0. The van der Waals surface area contributed by atoms with Gasteiger partial charge in [-0.25, -0.2) is 4.98 Å². The van der Waals surface area contributed by atoms with E-state index in [0.29, 0.717) is 5.92 Å². The van der Waals surface area contributed by atoms with Gasteiger partial charge in [0.25, 0.3) is 0 Å². The predicted octanol–water partition coefficient (Wildman–Crippen LogP) is 5.34. The Kier molecular flexibility index (Phi) is 3.91. The summed E-state index contributed by atoms with van der Waals surface area (Å²) >= 11 is 0. The maximum Gasteiger partial charge on any atom is 0.135 e. The minimum absolute atomic E-state index is 0.0163. The number of hydrogen-bond acceptors (Lipinski definition) is 3. The molecule has 3 N–H and O–H groups in total. The van der Waals surface area contributed by atoms with Crippen LogP contribution in [0, 0.1) is 0 Å². The molecule has 2 aromatic carbocycles. The molecule has 4 heteroatoms. The second kappa shape index (κ2) is 6.56. The van der Waals surface area contributed by atoms with Crippen LogP contribution >= 0.6 is 0 Å².